The highest BCUT2D eigenvalue weighted by Crippen LogP contribution is 2.49. The van der Waals surface area contributed by atoms with Gasteiger partial charge in [0.15, 0.2) is 0 Å². The van der Waals surface area contributed by atoms with E-state index in [0.717, 1.165) is 65.8 Å². The van der Waals surface area contributed by atoms with Gasteiger partial charge in [0.2, 0.25) is 11.8 Å². The Balaban J connectivity index is 0.842. The third-order valence-electron chi connectivity index (χ3n) is 16.0. The number of fused-ring (bicyclic) bond motifs is 3. The minimum absolute atomic E-state index is 0.00194. The first kappa shape index (κ1) is 55.2. The molecule has 2 bridgehead atoms. The second-order valence-corrected chi connectivity index (χ2v) is 22.2. The van der Waals surface area contributed by atoms with Crippen LogP contribution in [0.5, 0.6) is 11.8 Å². The van der Waals surface area contributed by atoms with Crippen LogP contribution >= 0.6 is 0 Å². The number of methoxy groups -OCH3 is 1. The zero-order valence-electron chi connectivity index (χ0n) is 46.1. The van der Waals surface area contributed by atoms with Crippen molar-refractivity contribution in [1.82, 2.24) is 50.9 Å². The van der Waals surface area contributed by atoms with E-state index in [1.165, 1.54) is 34.0 Å². The summed E-state index contributed by atoms with van der Waals surface area (Å²) in [5, 5.41) is 41.6. The first-order valence-electron chi connectivity index (χ1n) is 27.8. The number of aromatic nitrogens is 6. The standard InChI is InChI=1S/C60H68F2N12O7/c1-33(2)55(59(78)73-28-44(76)24-52(73)58(77)66-51(30-75)39-14-16-40(17-15-39)53-48(61)7-6-19-63-53)74-29-50(70-71-74)38-10-8-36(9-11-38)32-80-56-46(21-34(3)49(62)23-41-18-20-65-69-41)45(37-12-13-37)25-47-54(56)67-60(81-31-35(4)79-5)68-57(47)72-27-42-22-43(72)26-64-42/h6-11,14-17,19-20,23,25,29,33,35,37,42-44,51-52,55,64,69,75-76H,12-13,18,21-22,24,26-28,30-32H2,1-5H3,(H,66,77)/b41-23+,49-34+/t35-,42-,43-,44+,51-,52-,55-/m0/s1. The molecule has 0 unspecified atom stereocenters. The van der Waals surface area contributed by atoms with E-state index in [9.17, 15) is 24.2 Å². The number of β-amino-alcohol motifs (C(OH)–C–C–N with tert-alkyl or cyclic N) is 1. The maximum Gasteiger partial charge on any atom is 0.319 e. The van der Waals surface area contributed by atoms with Crippen LogP contribution in [-0.2, 0) is 27.4 Å². The van der Waals surface area contributed by atoms with E-state index in [4.69, 9.17) is 24.2 Å². The van der Waals surface area contributed by atoms with Gasteiger partial charge in [-0.3, -0.25) is 20.0 Å². The molecule has 4 fully saturated rings. The van der Waals surface area contributed by atoms with Crippen molar-refractivity contribution in [1.29, 1.82) is 0 Å². The van der Waals surface area contributed by atoms with Crippen molar-refractivity contribution in [2.24, 2.45) is 11.0 Å². The first-order chi connectivity index (χ1) is 39.2. The van der Waals surface area contributed by atoms with Gasteiger partial charge in [-0.25, -0.2) is 13.5 Å². The topological polar surface area (TPSA) is 227 Å². The van der Waals surface area contributed by atoms with E-state index >= 15 is 4.39 Å². The summed E-state index contributed by atoms with van der Waals surface area (Å²) in [6.07, 6.45) is 9.05. The predicted octanol–water partition coefficient (Wildman–Crippen LogP) is 7.17. The molecule has 5 N–H and O–H groups in total. The quantitative estimate of drug-likeness (QED) is 0.0482. The van der Waals surface area contributed by atoms with Crippen LogP contribution in [0.4, 0.5) is 14.6 Å². The highest BCUT2D eigenvalue weighted by molar-refractivity contribution is 5.96. The monoisotopic (exact) mass is 1110 g/mol. The van der Waals surface area contributed by atoms with E-state index in [1.54, 1.807) is 43.8 Å². The molecule has 7 heterocycles. The lowest BCUT2D eigenvalue weighted by Gasteiger charge is -2.30. The molecule has 81 heavy (non-hydrogen) atoms. The Kier molecular flexibility index (Phi) is 16.2. The van der Waals surface area contributed by atoms with Crippen molar-refractivity contribution in [2.45, 2.75) is 121 Å². The number of rotatable bonds is 21. The minimum Gasteiger partial charge on any atom is -0.486 e. The Morgan fingerprint density at radius 3 is 2.47 bits per heavy atom. The van der Waals surface area contributed by atoms with E-state index in [2.05, 4.69) is 47.4 Å². The minimum atomic E-state index is -1.03. The number of hydrogen-bond donors (Lipinski definition) is 5. The van der Waals surface area contributed by atoms with Crippen LogP contribution in [0, 0.1) is 11.7 Å². The number of aliphatic hydroxyl groups excluding tert-OH is 2. The van der Waals surface area contributed by atoms with Crippen LogP contribution < -0.4 is 30.4 Å². The van der Waals surface area contributed by atoms with Crippen LogP contribution in [0.1, 0.15) is 100 Å². The van der Waals surface area contributed by atoms with Crippen molar-refractivity contribution in [3.63, 3.8) is 0 Å². The number of carbonyl (C=O) groups is 2. The lowest BCUT2D eigenvalue weighted by atomic mass is 9.93. The van der Waals surface area contributed by atoms with Crippen molar-refractivity contribution in [3.05, 3.63) is 130 Å². The molecule has 7 atom stereocenters. The number of allylic oxidation sites excluding steroid dienone is 4. The van der Waals surface area contributed by atoms with Crippen LogP contribution in [0.25, 0.3) is 33.4 Å². The second kappa shape index (κ2) is 23.8. The molecule has 1 aliphatic carbocycles. The molecule has 6 aromatic rings. The highest BCUT2D eigenvalue weighted by atomic mass is 19.1. The number of ether oxygens (including phenoxy) is 3. The number of likely N-dealkylation sites (tertiary alicyclic amines) is 1. The Morgan fingerprint density at radius 2 is 1.79 bits per heavy atom. The van der Waals surface area contributed by atoms with Crippen molar-refractivity contribution < 1.29 is 42.8 Å². The highest BCUT2D eigenvalue weighted by Gasteiger charge is 2.44. The summed E-state index contributed by atoms with van der Waals surface area (Å²) in [6.45, 7) is 8.98. The smallest absolute Gasteiger partial charge is 0.319 e. The Labute approximate surface area is 468 Å². The molecule has 0 radical (unpaired) electrons. The largest absolute Gasteiger partial charge is 0.486 e. The molecule has 0 spiro atoms. The van der Waals surface area contributed by atoms with Crippen LogP contribution in [-0.4, -0.2) is 133 Å². The first-order valence-corrected chi connectivity index (χ1v) is 27.8. The number of piperazine rings is 1. The van der Waals surface area contributed by atoms with Gasteiger partial charge >= 0.3 is 6.01 Å². The normalized spacial score (nSPS) is 21.4. The van der Waals surface area contributed by atoms with Gasteiger partial charge in [0.1, 0.15) is 65.4 Å². The van der Waals surface area contributed by atoms with Gasteiger partial charge in [-0.1, -0.05) is 67.6 Å². The number of pyridine rings is 1. The summed E-state index contributed by atoms with van der Waals surface area (Å²) >= 11 is 0. The summed E-state index contributed by atoms with van der Waals surface area (Å²) in [5.74, 6) is -0.467. The van der Waals surface area contributed by atoms with Crippen LogP contribution in [0.15, 0.2) is 107 Å². The summed E-state index contributed by atoms with van der Waals surface area (Å²) < 4.78 is 50.8. The molecule has 1 saturated carbocycles. The summed E-state index contributed by atoms with van der Waals surface area (Å²) in [6, 6.07) is 17.5. The number of hydrogen-bond acceptors (Lipinski definition) is 16. The van der Waals surface area contributed by atoms with Crippen molar-refractivity contribution in [2.75, 3.05) is 44.9 Å². The summed E-state index contributed by atoms with van der Waals surface area (Å²) in [7, 11) is 1.63. The number of nitrogens with zero attached hydrogens (tertiary/aromatic N) is 9. The Hall–Kier alpha value is -7.72. The predicted molar refractivity (Wildman–Crippen MR) is 300 cm³/mol. The molecule has 3 saturated heterocycles. The number of nitrogens with one attached hydrogen (secondary N) is 3. The van der Waals surface area contributed by atoms with E-state index < -0.39 is 48.5 Å². The SMILES string of the molecule is CO[C@@H](C)COc1nc(N2C[C@@H]3C[C@H]2CN3)c2cc(C3CC3)c(C/C(C)=C(F)\C=C3/CC=NN3)c(OCc3ccc(-c4cn([C@H](C(=O)N5C[C@H](O)C[C@H]5C(=O)N[C@@H](CO)c5ccc(-c6ncccc6F)cc5)C(C)C)nn4)cc3)c2n1. The number of anilines is 1. The summed E-state index contributed by atoms with van der Waals surface area (Å²) in [5.41, 5.74) is 10.0. The van der Waals surface area contributed by atoms with E-state index in [1.807, 2.05) is 52.0 Å². The lowest BCUT2D eigenvalue weighted by Crippen LogP contribution is -2.50. The van der Waals surface area contributed by atoms with Crippen LogP contribution in [0.2, 0.25) is 0 Å². The average molecular weight is 1110 g/mol. The van der Waals surface area contributed by atoms with Gasteiger partial charge in [0.25, 0.3) is 0 Å². The number of hydrazone groups is 1. The van der Waals surface area contributed by atoms with E-state index in [-0.39, 0.29) is 74.1 Å². The molecule has 11 rings (SSSR count). The third kappa shape index (κ3) is 11.9. The van der Waals surface area contributed by atoms with Gasteiger partial charge < -0.3 is 44.9 Å². The Morgan fingerprint density at radius 1 is 1.00 bits per heavy atom. The van der Waals surface area contributed by atoms with E-state index in [0.29, 0.717) is 51.8 Å². The number of benzene rings is 3. The molecule has 4 aliphatic heterocycles. The van der Waals surface area contributed by atoms with Gasteiger partial charge in [0.05, 0.1) is 31.1 Å². The summed E-state index contributed by atoms with van der Waals surface area (Å²) in [4.78, 5) is 46.6. The molecule has 3 aromatic carbocycles. The molecular weight excluding hydrogens is 1040 g/mol. The van der Waals surface area contributed by atoms with Gasteiger partial charge in [0, 0.05) is 98.3 Å². The number of halogens is 2. The third-order valence-corrected chi connectivity index (χ3v) is 16.0. The maximum absolute atomic E-state index is 16.1. The van der Waals surface area contributed by atoms with Crippen molar-refractivity contribution >= 4 is 34.7 Å². The maximum atomic E-state index is 16.1. The molecule has 3 aromatic heterocycles. The van der Waals surface area contributed by atoms with Crippen LogP contribution in [0.3, 0.4) is 0 Å². The molecule has 5 aliphatic rings. The fourth-order valence-corrected chi connectivity index (χ4v) is 11.4. The average Bonchev–Trinajstić information content (AvgIpc) is 4.05. The molecule has 424 valence electrons. The number of carbonyl (C=O) groups excluding carboxylic acids is 2. The van der Waals surface area contributed by atoms with Gasteiger partial charge in [-0.05, 0) is 91.5 Å². The fourth-order valence-electron chi connectivity index (χ4n) is 11.4. The molecule has 19 nitrogen and oxygen atoms in total. The lowest BCUT2D eigenvalue weighted by molar-refractivity contribution is -0.142. The van der Waals surface area contributed by atoms with Gasteiger partial charge in [-0.15, -0.1) is 5.10 Å². The molecule has 2 amide bonds. The number of amides is 2. The molecule has 21 heteroatoms. The van der Waals surface area contributed by atoms with Crippen molar-refractivity contribution in [3.8, 4) is 34.3 Å². The zero-order valence-corrected chi connectivity index (χ0v) is 46.1. The fraction of sp³-hybridized carbons (Fsp3) is 0.433. The molecular formula is C60H68F2N12O7. The Bertz CT molecular complexity index is 3380. The number of aliphatic hydroxyl groups is 2. The van der Waals surface area contributed by atoms with Gasteiger partial charge in [-0.2, -0.15) is 15.1 Å². The zero-order chi connectivity index (χ0) is 56.5. The second-order valence-electron chi connectivity index (χ2n) is 22.2.